The lowest BCUT2D eigenvalue weighted by atomic mass is 9.94. The summed E-state index contributed by atoms with van der Waals surface area (Å²) in [6, 6.07) is 9.42. The summed E-state index contributed by atoms with van der Waals surface area (Å²) in [6.45, 7) is 6.64. The van der Waals surface area contributed by atoms with Gasteiger partial charge in [-0.15, -0.1) is 11.3 Å². The zero-order chi connectivity index (χ0) is 20.6. The highest BCUT2D eigenvalue weighted by molar-refractivity contribution is 8.12. The maximum Gasteiger partial charge on any atom is 0.367 e. The van der Waals surface area contributed by atoms with Gasteiger partial charge in [0.25, 0.3) is 5.56 Å². The molecule has 3 heterocycles. The number of carbonyl (C=O) groups is 1. The van der Waals surface area contributed by atoms with E-state index >= 15 is 0 Å². The minimum atomic E-state index is -0.373. The van der Waals surface area contributed by atoms with E-state index in [1.54, 1.807) is 11.5 Å². The van der Waals surface area contributed by atoms with Crippen LogP contribution >= 0.6 is 23.1 Å². The lowest BCUT2D eigenvalue weighted by Gasteiger charge is -2.29. The molecule has 1 aromatic carbocycles. The number of para-hydroxylation sites is 1. The molecule has 1 aliphatic heterocycles. The number of ether oxygens (including phenoxy) is 2. The van der Waals surface area contributed by atoms with Crippen molar-refractivity contribution in [3.8, 4) is 5.69 Å². The van der Waals surface area contributed by atoms with Gasteiger partial charge in [-0.1, -0.05) is 18.2 Å². The van der Waals surface area contributed by atoms with Crippen LogP contribution in [-0.4, -0.2) is 27.1 Å². The highest BCUT2D eigenvalue weighted by Gasteiger charge is 2.31. The van der Waals surface area contributed by atoms with Gasteiger partial charge in [-0.2, -0.15) is 0 Å². The van der Waals surface area contributed by atoms with Crippen molar-refractivity contribution in [3.63, 3.8) is 0 Å². The number of hydrogen-bond acceptors (Lipinski definition) is 7. The van der Waals surface area contributed by atoms with Crippen molar-refractivity contribution in [2.75, 3.05) is 6.61 Å². The van der Waals surface area contributed by atoms with E-state index in [2.05, 4.69) is 0 Å². The lowest BCUT2D eigenvalue weighted by molar-refractivity contribution is -0.0379. The van der Waals surface area contributed by atoms with Crippen LogP contribution < -0.4 is 5.56 Å². The highest BCUT2D eigenvalue weighted by atomic mass is 32.2. The van der Waals surface area contributed by atoms with Crippen LogP contribution in [0.5, 0.6) is 0 Å². The molecule has 0 amide bonds. The number of nitrogens with zero attached hydrogens (tertiary/aromatic N) is 2. The Morgan fingerprint density at radius 1 is 1.34 bits per heavy atom. The van der Waals surface area contributed by atoms with Crippen molar-refractivity contribution in [2.24, 2.45) is 0 Å². The van der Waals surface area contributed by atoms with Gasteiger partial charge in [-0.25, -0.2) is 9.78 Å². The fraction of sp³-hybridized carbons (Fsp3) is 0.381. The normalized spacial score (nSPS) is 15.3. The van der Waals surface area contributed by atoms with Crippen molar-refractivity contribution in [1.82, 2.24) is 9.55 Å². The van der Waals surface area contributed by atoms with Crippen LogP contribution in [0.1, 0.15) is 37.0 Å². The van der Waals surface area contributed by atoms with E-state index in [9.17, 15) is 9.59 Å². The molecular formula is C21H22N2O4S2. The third-order valence-corrected chi connectivity index (χ3v) is 6.63. The average molecular weight is 431 g/mol. The molecule has 3 aromatic rings. The van der Waals surface area contributed by atoms with Gasteiger partial charge in [0.15, 0.2) is 0 Å². The summed E-state index contributed by atoms with van der Waals surface area (Å²) in [5.41, 5.74) is 1.35. The SMILES string of the molecule is CCOC(=O)SCc1nc2sc3c(c2c(=O)n1-c1ccccc1)CC(C)(C)OC3. The van der Waals surface area contributed by atoms with Gasteiger partial charge < -0.3 is 9.47 Å². The molecule has 0 spiro atoms. The number of carbonyl (C=O) groups excluding carboxylic acids is 1. The Hall–Kier alpha value is -2.16. The number of fused-ring (bicyclic) bond motifs is 3. The van der Waals surface area contributed by atoms with E-state index < -0.39 is 0 Å². The van der Waals surface area contributed by atoms with Gasteiger partial charge >= 0.3 is 5.30 Å². The number of hydrogen-bond donors (Lipinski definition) is 0. The number of rotatable bonds is 4. The molecule has 2 aromatic heterocycles. The molecule has 152 valence electrons. The molecule has 0 bridgehead atoms. The van der Waals surface area contributed by atoms with Crippen LogP contribution in [0.2, 0.25) is 0 Å². The number of aromatic nitrogens is 2. The Balaban J connectivity index is 1.88. The van der Waals surface area contributed by atoms with Crippen LogP contribution in [0.4, 0.5) is 4.79 Å². The largest absolute Gasteiger partial charge is 0.458 e. The molecule has 4 rings (SSSR count). The Kier molecular flexibility index (Phi) is 5.50. The quantitative estimate of drug-likeness (QED) is 0.560. The summed E-state index contributed by atoms with van der Waals surface area (Å²) < 4.78 is 12.5. The van der Waals surface area contributed by atoms with E-state index in [0.29, 0.717) is 35.7 Å². The van der Waals surface area contributed by atoms with Crippen molar-refractivity contribution >= 4 is 38.6 Å². The first-order valence-corrected chi connectivity index (χ1v) is 11.2. The maximum atomic E-state index is 13.6. The monoisotopic (exact) mass is 430 g/mol. The number of benzene rings is 1. The van der Waals surface area contributed by atoms with E-state index in [0.717, 1.165) is 27.9 Å². The first-order valence-electron chi connectivity index (χ1n) is 9.44. The molecule has 0 atom stereocenters. The Morgan fingerprint density at radius 3 is 2.83 bits per heavy atom. The smallest absolute Gasteiger partial charge is 0.367 e. The van der Waals surface area contributed by atoms with Crippen molar-refractivity contribution in [3.05, 3.63) is 57.0 Å². The molecule has 0 saturated heterocycles. The summed E-state index contributed by atoms with van der Waals surface area (Å²) in [7, 11) is 0. The number of thiophene rings is 1. The predicted octanol–water partition coefficient (Wildman–Crippen LogP) is 4.69. The van der Waals surface area contributed by atoms with Gasteiger partial charge in [0.05, 0.1) is 35.6 Å². The molecule has 0 N–H and O–H groups in total. The van der Waals surface area contributed by atoms with Crippen LogP contribution in [-0.2, 0) is 28.3 Å². The molecular weight excluding hydrogens is 408 g/mol. The summed E-state index contributed by atoms with van der Waals surface area (Å²) in [5, 5.41) is 0.289. The third-order valence-electron chi connectivity index (χ3n) is 4.77. The second-order valence-electron chi connectivity index (χ2n) is 7.38. The van der Waals surface area contributed by atoms with Crippen molar-refractivity contribution in [1.29, 1.82) is 0 Å². The fourth-order valence-corrected chi connectivity index (χ4v) is 5.21. The summed E-state index contributed by atoms with van der Waals surface area (Å²) in [5.74, 6) is 0.786. The van der Waals surface area contributed by atoms with E-state index in [1.807, 2.05) is 44.2 Å². The minimum absolute atomic E-state index is 0.101. The average Bonchev–Trinajstić information content (AvgIpc) is 3.04. The molecule has 0 radical (unpaired) electrons. The van der Waals surface area contributed by atoms with Gasteiger partial charge in [-0.3, -0.25) is 9.36 Å². The number of thioether (sulfide) groups is 1. The first-order chi connectivity index (χ1) is 13.9. The van der Waals surface area contributed by atoms with Gasteiger partial charge in [0.2, 0.25) is 0 Å². The third kappa shape index (κ3) is 3.97. The zero-order valence-corrected chi connectivity index (χ0v) is 18.2. The Bertz CT molecular complexity index is 1120. The second kappa shape index (κ2) is 7.93. The molecule has 0 unspecified atom stereocenters. The van der Waals surface area contributed by atoms with Gasteiger partial charge in [-0.05, 0) is 50.2 Å². The van der Waals surface area contributed by atoms with E-state index in [1.165, 1.54) is 11.3 Å². The second-order valence-corrected chi connectivity index (χ2v) is 9.38. The molecule has 0 fully saturated rings. The zero-order valence-electron chi connectivity index (χ0n) is 16.6. The molecule has 8 heteroatoms. The minimum Gasteiger partial charge on any atom is -0.458 e. The first kappa shape index (κ1) is 20.1. The standard InChI is InChI=1S/C21H22N2O4S2/c1-4-26-20(25)28-12-16-22-18-17(14-10-21(2,3)27-11-15(14)29-18)19(24)23(16)13-8-6-5-7-9-13/h5-9H,4,10-12H2,1-3H3. The Morgan fingerprint density at radius 2 is 2.10 bits per heavy atom. The summed E-state index contributed by atoms with van der Waals surface area (Å²) in [4.78, 5) is 32.0. The maximum absolute atomic E-state index is 13.6. The van der Waals surface area contributed by atoms with Gasteiger partial charge in [0.1, 0.15) is 10.7 Å². The summed E-state index contributed by atoms with van der Waals surface area (Å²) >= 11 is 2.51. The highest BCUT2D eigenvalue weighted by Crippen LogP contribution is 2.37. The van der Waals surface area contributed by atoms with Gasteiger partial charge in [0, 0.05) is 11.3 Å². The molecule has 1 aliphatic rings. The fourth-order valence-electron chi connectivity index (χ4n) is 3.46. The van der Waals surface area contributed by atoms with Crippen LogP contribution in [0.25, 0.3) is 15.9 Å². The van der Waals surface area contributed by atoms with Crippen LogP contribution in [0, 0.1) is 0 Å². The van der Waals surface area contributed by atoms with E-state index in [4.69, 9.17) is 14.5 Å². The predicted molar refractivity (Wildman–Crippen MR) is 116 cm³/mol. The van der Waals surface area contributed by atoms with E-state index in [-0.39, 0.29) is 22.2 Å². The topological polar surface area (TPSA) is 70.4 Å². The summed E-state index contributed by atoms with van der Waals surface area (Å²) in [6.07, 6.45) is 0.672. The Labute approximate surface area is 176 Å². The molecule has 29 heavy (non-hydrogen) atoms. The molecule has 6 nitrogen and oxygen atoms in total. The molecule has 0 aliphatic carbocycles. The van der Waals surface area contributed by atoms with Crippen molar-refractivity contribution in [2.45, 2.75) is 45.2 Å². The molecule has 0 saturated carbocycles. The van der Waals surface area contributed by atoms with Crippen molar-refractivity contribution < 1.29 is 14.3 Å². The lowest BCUT2D eigenvalue weighted by Crippen LogP contribution is -2.32. The van der Waals surface area contributed by atoms with Crippen LogP contribution in [0.15, 0.2) is 35.1 Å². The van der Waals surface area contributed by atoms with Crippen LogP contribution in [0.3, 0.4) is 0 Å².